The zero-order valence-corrected chi connectivity index (χ0v) is 15.3. The average molecular weight is 342 g/mol. The van der Waals surface area contributed by atoms with E-state index in [1.807, 2.05) is 40.0 Å². The third-order valence-corrected chi connectivity index (χ3v) is 4.10. The van der Waals surface area contributed by atoms with Crippen LogP contribution < -0.4 is 10.2 Å². The number of ether oxygens (including phenoxy) is 2. The van der Waals surface area contributed by atoms with Crippen molar-refractivity contribution in [2.24, 2.45) is 0 Å². The van der Waals surface area contributed by atoms with E-state index in [4.69, 9.17) is 21.1 Å². The lowest BCUT2D eigenvalue weighted by molar-refractivity contribution is -0.138. The van der Waals surface area contributed by atoms with Gasteiger partial charge in [-0.25, -0.2) is 4.98 Å². The number of piperazine rings is 1. The van der Waals surface area contributed by atoms with Crippen LogP contribution in [0.25, 0.3) is 0 Å². The predicted molar refractivity (Wildman–Crippen MR) is 94.3 cm³/mol. The second kappa shape index (κ2) is 8.29. The molecule has 3 rings (SSSR count). The largest absolute Gasteiger partial charge is 0.353 e. The standard InChI is InChI=1S/C15H22ClN3O2.C2H6/c1-15(2)20-10-12(21-15)7-11-8-13(16)14(18-9-11)19-5-3-17-4-6-19;1-2/h8-9,12,17H,3-7,10H2,1-2H3;1-2H3/t12-;/m1./s1. The van der Waals surface area contributed by atoms with Crippen LogP contribution in [0.1, 0.15) is 33.3 Å². The third kappa shape index (κ3) is 5.05. The normalized spacial score (nSPS) is 23.3. The molecule has 1 aromatic heterocycles. The first kappa shape index (κ1) is 18.5. The van der Waals surface area contributed by atoms with Gasteiger partial charge in [0.1, 0.15) is 5.82 Å². The number of halogens is 1. The molecule has 130 valence electrons. The number of rotatable bonds is 3. The zero-order valence-electron chi connectivity index (χ0n) is 14.6. The van der Waals surface area contributed by atoms with Gasteiger partial charge >= 0.3 is 0 Å². The Morgan fingerprint density at radius 1 is 1.35 bits per heavy atom. The van der Waals surface area contributed by atoms with Crippen LogP contribution in [0.5, 0.6) is 0 Å². The van der Waals surface area contributed by atoms with Crippen molar-refractivity contribution < 1.29 is 9.47 Å². The Morgan fingerprint density at radius 2 is 2.04 bits per heavy atom. The minimum absolute atomic E-state index is 0.0721. The molecule has 0 aromatic carbocycles. The first-order valence-electron chi connectivity index (χ1n) is 8.45. The van der Waals surface area contributed by atoms with Crippen LogP contribution in [0.2, 0.25) is 5.02 Å². The highest BCUT2D eigenvalue weighted by Crippen LogP contribution is 2.28. The maximum Gasteiger partial charge on any atom is 0.163 e. The first-order valence-corrected chi connectivity index (χ1v) is 8.83. The number of nitrogens with zero attached hydrogens (tertiary/aromatic N) is 2. The molecule has 23 heavy (non-hydrogen) atoms. The Labute approximate surface area is 144 Å². The number of anilines is 1. The summed E-state index contributed by atoms with van der Waals surface area (Å²) < 4.78 is 11.4. The molecule has 3 heterocycles. The molecule has 2 aliphatic rings. The molecule has 1 aromatic rings. The molecular weight excluding hydrogens is 314 g/mol. The molecule has 6 heteroatoms. The van der Waals surface area contributed by atoms with Gasteiger partial charge in [-0.15, -0.1) is 0 Å². The van der Waals surface area contributed by atoms with Crippen LogP contribution in [0, 0.1) is 0 Å². The van der Waals surface area contributed by atoms with E-state index in [2.05, 4.69) is 15.2 Å². The predicted octanol–water partition coefficient (Wildman–Crippen LogP) is 2.86. The number of nitrogens with one attached hydrogen (secondary N) is 1. The van der Waals surface area contributed by atoms with Gasteiger partial charge in [0.2, 0.25) is 0 Å². The van der Waals surface area contributed by atoms with Crippen molar-refractivity contribution in [3.05, 3.63) is 22.8 Å². The highest BCUT2D eigenvalue weighted by Gasteiger charge is 2.32. The Hall–Kier alpha value is -0.880. The summed E-state index contributed by atoms with van der Waals surface area (Å²) in [6.07, 6.45) is 2.75. The molecule has 2 fully saturated rings. The third-order valence-electron chi connectivity index (χ3n) is 3.83. The van der Waals surface area contributed by atoms with E-state index < -0.39 is 5.79 Å². The molecule has 2 saturated heterocycles. The van der Waals surface area contributed by atoms with Crippen molar-refractivity contribution in [1.29, 1.82) is 0 Å². The van der Waals surface area contributed by atoms with Crippen LogP contribution in [0.3, 0.4) is 0 Å². The topological polar surface area (TPSA) is 46.6 Å². The van der Waals surface area contributed by atoms with E-state index in [1.165, 1.54) is 0 Å². The lowest BCUT2D eigenvalue weighted by Crippen LogP contribution is -2.44. The van der Waals surface area contributed by atoms with Crippen molar-refractivity contribution in [3.8, 4) is 0 Å². The molecule has 1 atom stereocenters. The highest BCUT2D eigenvalue weighted by atomic mass is 35.5. The second-order valence-corrected chi connectivity index (χ2v) is 6.45. The Morgan fingerprint density at radius 3 is 2.61 bits per heavy atom. The van der Waals surface area contributed by atoms with Crippen molar-refractivity contribution in [2.45, 2.75) is 46.0 Å². The smallest absolute Gasteiger partial charge is 0.163 e. The molecule has 1 N–H and O–H groups in total. The number of aromatic nitrogens is 1. The fraction of sp³-hybridized carbons (Fsp3) is 0.706. The van der Waals surface area contributed by atoms with Gasteiger partial charge < -0.3 is 19.7 Å². The Balaban J connectivity index is 0.000000924. The minimum Gasteiger partial charge on any atom is -0.353 e. The summed E-state index contributed by atoms with van der Waals surface area (Å²) in [6.45, 7) is 12.3. The van der Waals surface area contributed by atoms with Gasteiger partial charge in [0.05, 0.1) is 17.7 Å². The van der Waals surface area contributed by atoms with Crippen LogP contribution >= 0.6 is 11.6 Å². The molecule has 0 aliphatic carbocycles. The molecule has 0 unspecified atom stereocenters. The summed E-state index contributed by atoms with van der Waals surface area (Å²) in [5, 5.41) is 4.04. The summed E-state index contributed by atoms with van der Waals surface area (Å²) in [5.74, 6) is 0.397. The molecule has 2 aliphatic heterocycles. The van der Waals surface area contributed by atoms with Crippen LogP contribution in [0.15, 0.2) is 12.3 Å². The van der Waals surface area contributed by atoms with E-state index in [-0.39, 0.29) is 6.10 Å². The molecule has 5 nitrogen and oxygen atoms in total. The van der Waals surface area contributed by atoms with Gasteiger partial charge in [-0.05, 0) is 25.5 Å². The van der Waals surface area contributed by atoms with E-state index in [0.29, 0.717) is 11.6 Å². The second-order valence-electron chi connectivity index (χ2n) is 6.04. The lowest BCUT2D eigenvalue weighted by atomic mass is 10.1. The van der Waals surface area contributed by atoms with Crippen molar-refractivity contribution >= 4 is 17.4 Å². The Bertz CT molecular complexity index is 505. The molecule has 0 saturated carbocycles. The van der Waals surface area contributed by atoms with Gasteiger partial charge in [-0.3, -0.25) is 0 Å². The Kier molecular flexibility index (Phi) is 6.65. The van der Waals surface area contributed by atoms with Crippen molar-refractivity contribution in [2.75, 3.05) is 37.7 Å². The van der Waals surface area contributed by atoms with Gasteiger partial charge in [0.25, 0.3) is 0 Å². The number of pyridine rings is 1. The minimum atomic E-state index is -0.484. The van der Waals surface area contributed by atoms with E-state index in [9.17, 15) is 0 Å². The molecule has 0 bridgehead atoms. The van der Waals surface area contributed by atoms with Gasteiger partial charge in [0.15, 0.2) is 5.79 Å². The van der Waals surface area contributed by atoms with Gasteiger partial charge in [-0.2, -0.15) is 0 Å². The average Bonchev–Trinajstić information content (AvgIpc) is 2.89. The summed E-state index contributed by atoms with van der Waals surface area (Å²) >= 11 is 6.41. The summed E-state index contributed by atoms with van der Waals surface area (Å²) in [7, 11) is 0. The van der Waals surface area contributed by atoms with Gasteiger partial charge in [-0.1, -0.05) is 25.4 Å². The highest BCUT2D eigenvalue weighted by molar-refractivity contribution is 6.33. The maximum atomic E-state index is 6.41. The van der Waals surface area contributed by atoms with Crippen LogP contribution in [0.4, 0.5) is 5.82 Å². The molecule has 0 amide bonds. The fourth-order valence-corrected chi connectivity index (χ4v) is 3.13. The number of hydrogen-bond donors (Lipinski definition) is 1. The van der Waals surface area contributed by atoms with E-state index in [0.717, 1.165) is 44.0 Å². The maximum absolute atomic E-state index is 6.41. The van der Waals surface area contributed by atoms with Gasteiger partial charge in [0, 0.05) is 38.8 Å². The quantitative estimate of drug-likeness (QED) is 0.916. The monoisotopic (exact) mass is 341 g/mol. The zero-order chi connectivity index (χ0) is 16.9. The number of hydrogen-bond acceptors (Lipinski definition) is 5. The lowest BCUT2D eigenvalue weighted by Gasteiger charge is -2.29. The molecule has 0 radical (unpaired) electrons. The molecular formula is C17H28ClN3O2. The summed E-state index contributed by atoms with van der Waals surface area (Å²) in [4.78, 5) is 6.77. The van der Waals surface area contributed by atoms with Crippen molar-refractivity contribution in [3.63, 3.8) is 0 Å². The fourth-order valence-electron chi connectivity index (χ4n) is 2.82. The first-order chi connectivity index (χ1) is 11.0. The van der Waals surface area contributed by atoms with Crippen LogP contribution in [-0.2, 0) is 15.9 Å². The van der Waals surface area contributed by atoms with Crippen molar-refractivity contribution in [1.82, 2.24) is 10.3 Å². The van der Waals surface area contributed by atoms with E-state index >= 15 is 0 Å². The SMILES string of the molecule is CC.CC1(C)OC[C@@H](Cc2cnc(N3CCNCC3)c(Cl)c2)O1. The summed E-state index contributed by atoms with van der Waals surface area (Å²) in [5.41, 5.74) is 1.09. The van der Waals surface area contributed by atoms with Crippen LogP contribution in [-0.4, -0.2) is 49.7 Å². The van der Waals surface area contributed by atoms with E-state index in [1.54, 1.807) is 0 Å². The molecule has 0 spiro atoms. The summed E-state index contributed by atoms with van der Waals surface area (Å²) in [6, 6.07) is 2.00.